The van der Waals surface area contributed by atoms with E-state index in [1.54, 1.807) is 27.8 Å². The zero-order valence-corrected chi connectivity index (χ0v) is 17.6. The van der Waals surface area contributed by atoms with Gasteiger partial charge in [-0.3, -0.25) is 0 Å². The highest BCUT2D eigenvalue weighted by Gasteiger charge is 2.18. The molecular formula is C18H26N8O2S. The molecule has 0 spiro atoms. The zero-order chi connectivity index (χ0) is 21.0. The number of anilines is 2. The minimum Gasteiger partial charge on any atom is -0.383 e. The van der Waals surface area contributed by atoms with Gasteiger partial charge >= 0.3 is 0 Å². The highest BCUT2D eigenvalue weighted by Crippen LogP contribution is 2.23. The maximum Gasteiger partial charge on any atom is 0.226 e. The molecule has 0 radical (unpaired) electrons. The first-order valence-electron chi connectivity index (χ1n) is 9.31. The highest BCUT2D eigenvalue weighted by atomic mass is 32.2. The predicted molar refractivity (Wildman–Crippen MR) is 114 cm³/mol. The standard InChI is InChI=1S/C12H13N7.C6H13NO2S/c1-19(2)12-16-5-7(10(13)18-12)9-6-15-11-8(17-9)3-4-14-11;1-10(8,9)7-5-3-2-4-6-7/h3-6H,1-2H3,(H,14,15)(H2,13,16,18);2-6H2,1H3. The summed E-state index contributed by atoms with van der Waals surface area (Å²) in [6, 6.07) is 1.86. The highest BCUT2D eigenvalue weighted by molar-refractivity contribution is 7.88. The van der Waals surface area contributed by atoms with Crippen molar-refractivity contribution in [2.75, 3.05) is 44.1 Å². The molecule has 0 amide bonds. The molecule has 1 aliphatic rings. The maximum absolute atomic E-state index is 10.9. The second-order valence-electron chi connectivity index (χ2n) is 7.05. The van der Waals surface area contributed by atoms with Crippen molar-refractivity contribution in [3.8, 4) is 11.3 Å². The smallest absolute Gasteiger partial charge is 0.226 e. The summed E-state index contributed by atoms with van der Waals surface area (Å²) in [6.45, 7) is 1.44. The molecule has 29 heavy (non-hydrogen) atoms. The lowest BCUT2D eigenvalue weighted by atomic mass is 10.2. The van der Waals surface area contributed by atoms with Crippen molar-refractivity contribution in [2.45, 2.75) is 19.3 Å². The van der Waals surface area contributed by atoms with Gasteiger partial charge in [0.2, 0.25) is 16.0 Å². The number of aromatic amines is 1. The summed E-state index contributed by atoms with van der Waals surface area (Å²) in [5.74, 6) is 0.958. The number of nitrogens with two attached hydrogens (primary N) is 1. The maximum atomic E-state index is 10.9. The number of hydrogen-bond donors (Lipinski definition) is 2. The van der Waals surface area contributed by atoms with Crippen molar-refractivity contribution in [3.05, 3.63) is 24.7 Å². The van der Waals surface area contributed by atoms with Crippen molar-refractivity contribution in [1.82, 2.24) is 29.2 Å². The van der Waals surface area contributed by atoms with E-state index in [9.17, 15) is 8.42 Å². The van der Waals surface area contributed by atoms with Crippen molar-refractivity contribution < 1.29 is 8.42 Å². The molecule has 3 N–H and O–H groups in total. The molecule has 1 aliphatic heterocycles. The molecule has 1 fully saturated rings. The summed E-state index contributed by atoms with van der Waals surface area (Å²) in [5, 5.41) is 0. The summed E-state index contributed by atoms with van der Waals surface area (Å²) in [7, 11) is 0.830. The molecule has 11 heteroatoms. The first-order valence-corrected chi connectivity index (χ1v) is 11.2. The van der Waals surface area contributed by atoms with Gasteiger partial charge in [-0.15, -0.1) is 0 Å². The van der Waals surface area contributed by atoms with E-state index in [4.69, 9.17) is 5.73 Å². The average molecular weight is 419 g/mol. The Balaban J connectivity index is 0.000000204. The van der Waals surface area contributed by atoms with E-state index in [2.05, 4.69) is 24.9 Å². The number of rotatable bonds is 3. The van der Waals surface area contributed by atoms with E-state index in [1.807, 2.05) is 20.2 Å². The summed E-state index contributed by atoms with van der Waals surface area (Å²) in [6.07, 6.45) is 9.61. The van der Waals surface area contributed by atoms with E-state index < -0.39 is 10.0 Å². The minimum atomic E-state index is -2.89. The van der Waals surface area contributed by atoms with E-state index in [0.29, 0.717) is 23.0 Å². The molecule has 0 aromatic carbocycles. The van der Waals surface area contributed by atoms with Crippen molar-refractivity contribution in [2.24, 2.45) is 0 Å². The van der Waals surface area contributed by atoms with E-state index in [0.717, 1.165) is 37.1 Å². The number of fused-ring (bicyclic) bond motifs is 1. The van der Waals surface area contributed by atoms with Crippen molar-refractivity contribution in [3.63, 3.8) is 0 Å². The van der Waals surface area contributed by atoms with Gasteiger partial charge in [0, 0.05) is 39.6 Å². The van der Waals surface area contributed by atoms with Crippen LogP contribution in [0.2, 0.25) is 0 Å². The third-order valence-corrected chi connectivity index (χ3v) is 5.83. The van der Waals surface area contributed by atoms with Crippen LogP contribution in [0.25, 0.3) is 22.4 Å². The van der Waals surface area contributed by atoms with Crippen LogP contribution in [0, 0.1) is 0 Å². The number of H-pyrrole nitrogens is 1. The molecule has 10 nitrogen and oxygen atoms in total. The molecule has 156 valence electrons. The number of nitrogens with one attached hydrogen (secondary N) is 1. The van der Waals surface area contributed by atoms with Crippen LogP contribution in [0.3, 0.4) is 0 Å². The lowest BCUT2D eigenvalue weighted by molar-refractivity contribution is 0.349. The van der Waals surface area contributed by atoms with Gasteiger partial charge in [-0.2, -0.15) is 4.98 Å². The first-order chi connectivity index (χ1) is 13.8. The Kier molecular flexibility index (Phi) is 6.28. The molecule has 0 aliphatic carbocycles. The Morgan fingerprint density at radius 1 is 1.10 bits per heavy atom. The third-order valence-electron chi connectivity index (χ3n) is 4.53. The topological polar surface area (TPSA) is 134 Å². The van der Waals surface area contributed by atoms with Crippen LogP contribution in [0.1, 0.15) is 19.3 Å². The van der Waals surface area contributed by atoms with Crippen LogP contribution in [-0.4, -0.2) is 71.1 Å². The number of hydrogen-bond acceptors (Lipinski definition) is 8. The van der Waals surface area contributed by atoms with Gasteiger partial charge in [0.15, 0.2) is 5.65 Å². The van der Waals surface area contributed by atoms with Crippen LogP contribution in [0.5, 0.6) is 0 Å². The number of nitrogens with zero attached hydrogens (tertiary/aromatic N) is 6. The second-order valence-corrected chi connectivity index (χ2v) is 9.04. The number of sulfonamides is 1. The normalized spacial score (nSPS) is 15.0. The van der Waals surface area contributed by atoms with Crippen LogP contribution in [0.15, 0.2) is 24.7 Å². The summed E-state index contributed by atoms with van der Waals surface area (Å²) in [5.41, 5.74) is 8.83. The summed E-state index contributed by atoms with van der Waals surface area (Å²) < 4.78 is 23.4. The van der Waals surface area contributed by atoms with Gasteiger partial charge in [0.1, 0.15) is 11.3 Å². The SMILES string of the molecule is CN(C)c1ncc(-c2cnc3[nH]ccc3n2)c(N)n1.CS(=O)(=O)N1CCCCC1. The van der Waals surface area contributed by atoms with E-state index in [1.165, 1.54) is 12.7 Å². The molecule has 3 aromatic rings. The molecule has 0 saturated carbocycles. The van der Waals surface area contributed by atoms with Gasteiger partial charge in [-0.1, -0.05) is 6.42 Å². The van der Waals surface area contributed by atoms with Gasteiger partial charge in [0.05, 0.1) is 23.7 Å². The fourth-order valence-electron chi connectivity index (χ4n) is 2.95. The molecular weight excluding hydrogens is 392 g/mol. The van der Waals surface area contributed by atoms with E-state index >= 15 is 0 Å². The number of aromatic nitrogens is 5. The molecule has 1 saturated heterocycles. The van der Waals surface area contributed by atoms with Gasteiger partial charge < -0.3 is 15.6 Å². The van der Waals surface area contributed by atoms with Crippen LogP contribution < -0.4 is 10.6 Å². The molecule has 4 heterocycles. The third kappa shape index (κ3) is 5.18. The van der Waals surface area contributed by atoms with Gasteiger partial charge in [0.25, 0.3) is 0 Å². The lowest BCUT2D eigenvalue weighted by Crippen LogP contribution is -2.34. The molecule has 3 aromatic heterocycles. The summed E-state index contributed by atoms with van der Waals surface area (Å²) >= 11 is 0. The van der Waals surface area contributed by atoms with E-state index in [-0.39, 0.29) is 0 Å². The fraction of sp³-hybridized carbons (Fsp3) is 0.444. The molecule has 0 bridgehead atoms. The average Bonchev–Trinajstić information content (AvgIpc) is 3.16. The van der Waals surface area contributed by atoms with Gasteiger partial charge in [-0.05, 0) is 18.9 Å². The van der Waals surface area contributed by atoms with Crippen LogP contribution >= 0.6 is 0 Å². The Hall–Kier alpha value is -2.79. The minimum absolute atomic E-state index is 0.392. The summed E-state index contributed by atoms with van der Waals surface area (Å²) in [4.78, 5) is 22.0. The first kappa shape index (κ1) is 20.9. The zero-order valence-electron chi connectivity index (χ0n) is 16.8. The Morgan fingerprint density at radius 2 is 1.83 bits per heavy atom. The quantitative estimate of drug-likeness (QED) is 0.653. The Morgan fingerprint density at radius 3 is 2.41 bits per heavy atom. The number of nitrogen functional groups attached to an aromatic ring is 1. The molecule has 4 rings (SSSR count). The Labute approximate surface area is 170 Å². The second kappa shape index (κ2) is 8.70. The largest absolute Gasteiger partial charge is 0.383 e. The van der Waals surface area contributed by atoms with Crippen molar-refractivity contribution in [1.29, 1.82) is 0 Å². The van der Waals surface area contributed by atoms with Crippen LogP contribution in [-0.2, 0) is 10.0 Å². The molecule has 0 atom stereocenters. The monoisotopic (exact) mass is 418 g/mol. The van der Waals surface area contributed by atoms with Gasteiger partial charge in [-0.25, -0.2) is 27.7 Å². The molecule has 0 unspecified atom stereocenters. The lowest BCUT2D eigenvalue weighted by Gasteiger charge is -2.23. The van der Waals surface area contributed by atoms with Crippen LogP contribution in [0.4, 0.5) is 11.8 Å². The Bertz CT molecular complexity index is 1070. The fourth-order valence-corrected chi connectivity index (χ4v) is 3.88. The number of piperidine rings is 1. The predicted octanol–water partition coefficient (Wildman–Crippen LogP) is 1.49. The van der Waals surface area contributed by atoms with Crippen molar-refractivity contribution >= 4 is 33.0 Å².